The quantitative estimate of drug-likeness (QED) is 0.793. The molecule has 1 amide bonds. The second-order valence-electron chi connectivity index (χ2n) is 3.74. The van der Waals surface area contributed by atoms with Gasteiger partial charge in [-0.15, -0.1) is 0 Å². The maximum Gasteiger partial charge on any atom is 0.263 e. The number of carbonyl (C=O) groups excluding carboxylic acids is 1. The van der Waals surface area contributed by atoms with E-state index in [0.29, 0.717) is 17.0 Å². The first-order valence-corrected chi connectivity index (χ1v) is 5.19. The highest BCUT2D eigenvalue weighted by molar-refractivity contribution is 6.31. The molecule has 1 aliphatic rings. The molecule has 1 unspecified atom stereocenters. The third-order valence-corrected chi connectivity index (χ3v) is 3.17. The van der Waals surface area contributed by atoms with Gasteiger partial charge in [0, 0.05) is 17.6 Å². The molecular formula is C11H12ClNO2. The number of hydrogen-bond donors (Lipinski definition) is 1. The monoisotopic (exact) mass is 225 g/mol. The van der Waals surface area contributed by atoms with Crippen LogP contribution < -0.4 is 4.90 Å². The molecule has 15 heavy (non-hydrogen) atoms. The van der Waals surface area contributed by atoms with E-state index >= 15 is 0 Å². The Balaban J connectivity index is 2.67. The Labute approximate surface area is 93.3 Å². The summed E-state index contributed by atoms with van der Waals surface area (Å²) in [5.41, 5.74) is -0.0756. The van der Waals surface area contributed by atoms with Crippen LogP contribution in [0.3, 0.4) is 0 Å². The lowest BCUT2D eigenvalue weighted by Gasteiger charge is -2.19. The molecule has 0 radical (unpaired) electrons. The Morgan fingerprint density at radius 1 is 1.53 bits per heavy atom. The zero-order valence-corrected chi connectivity index (χ0v) is 9.38. The fraction of sp³-hybridized carbons (Fsp3) is 0.364. The molecule has 0 saturated heterocycles. The summed E-state index contributed by atoms with van der Waals surface area (Å²) in [6.07, 6.45) is 0.351. The van der Waals surface area contributed by atoms with Crippen molar-refractivity contribution in [1.29, 1.82) is 0 Å². The predicted molar refractivity (Wildman–Crippen MR) is 59.0 cm³/mol. The molecule has 0 fully saturated rings. The van der Waals surface area contributed by atoms with E-state index in [1.165, 1.54) is 4.90 Å². The normalized spacial score (nSPS) is 24.5. The summed E-state index contributed by atoms with van der Waals surface area (Å²) in [5.74, 6) is -0.290. The number of benzene rings is 1. The van der Waals surface area contributed by atoms with E-state index in [1.807, 2.05) is 0 Å². The van der Waals surface area contributed by atoms with Gasteiger partial charge in [0.15, 0.2) is 5.60 Å². The lowest BCUT2D eigenvalue weighted by atomic mass is 9.93. The lowest BCUT2D eigenvalue weighted by molar-refractivity contribution is -0.136. The first kappa shape index (κ1) is 10.5. The van der Waals surface area contributed by atoms with Crippen LogP contribution in [-0.4, -0.2) is 18.1 Å². The summed E-state index contributed by atoms with van der Waals surface area (Å²) in [6, 6.07) is 5.12. The molecular weight excluding hydrogens is 214 g/mol. The number of nitrogens with zero attached hydrogens (tertiary/aromatic N) is 1. The smallest absolute Gasteiger partial charge is 0.263 e. The average Bonchev–Trinajstić information content (AvgIpc) is 2.42. The van der Waals surface area contributed by atoms with Crippen molar-refractivity contribution >= 4 is 23.2 Å². The number of amides is 1. The number of halogens is 1. The molecule has 0 aromatic heterocycles. The SMILES string of the molecule is CCC1(O)C(=O)N(C)c2ccc(Cl)cc21. The molecule has 0 aliphatic carbocycles. The van der Waals surface area contributed by atoms with Crippen molar-refractivity contribution in [3.63, 3.8) is 0 Å². The van der Waals surface area contributed by atoms with Crippen LogP contribution in [-0.2, 0) is 10.4 Å². The summed E-state index contributed by atoms with van der Waals surface area (Å²) in [7, 11) is 1.66. The molecule has 2 rings (SSSR count). The van der Waals surface area contributed by atoms with Gasteiger partial charge in [0.1, 0.15) is 0 Å². The van der Waals surface area contributed by atoms with Crippen molar-refractivity contribution in [1.82, 2.24) is 0 Å². The van der Waals surface area contributed by atoms with Gasteiger partial charge in [0.2, 0.25) is 0 Å². The van der Waals surface area contributed by atoms with Gasteiger partial charge in [-0.1, -0.05) is 18.5 Å². The van der Waals surface area contributed by atoms with Crippen molar-refractivity contribution in [2.75, 3.05) is 11.9 Å². The Morgan fingerprint density at radius 3 is 2.80 bits per heavy atom. The zero-order chi connectivity index (χ0) is 11.2. The number of hydrogen-bond acceptors (Lipinski definition) is 2. The maximum atomic E-state index is 11.9. The van der Waals surface area contributed by atoms with Crippen molar-refractivity contribution in [3.8, 4) is 0 Å². The van der Waals surface area contributed by atoms with Gasteiger partial charge in [-0.05, 0) is 24.6 Å². The molecule has 1 N–H and O–H groups in total. The molecule has 1 heterocycles. The summed E-state index contributed by atoms with van der Waals surface area (Å²) >= 11 is 5.86. The molecule has 0 saturated carbocycles. The first-order valence-electron chi connectivity index (χ1n) is 4.81. The van der Waals surface area contributed by atoms with Gasteiger partial charge >= 0.3 is 0 Å². The minimum absolute atomic E-state index is 0.290. The molecule has 1 aromatic carbocycles. The van der Waals surface area contributed by atoms with Crippen molar-refractivity contribution in [3.05, 3.63) is 28.8 Å². The highest BCUT2D eigenvalue weighted by Crippen LogP contribution is 2.42. The second kappa shape index (κ2) is 3.22. The van der Waals surface area contributed by atoms with Crippen LogP contribution in [0.2, 0.25) is 5.02 Å². The van der Waals surface area contributed by atoms with Crippen molar-refractivity contribution < 1.29 is 9.90 Å². The van der Waals surface area contributed by atoms with E-state index in [-0.39, 0.29) is 5.91 Å². The van der Waals surface area contributed by atoms with Crippen LogP contribution in [0.5, 0.6) is 0 Å². The van der Waals surface area contributed by atoms with Crippen LogP contribution >= 0.6 is 11.6 Å². The average molecular weight is 226 g/mol. The van der Waals surface area contributed by atoms with Crippen molar-refractivity contribution in [2.45, 2.75) is 18.9 Å². The lowest BCUT2D eigenvalue weighted by Crippen LogP contribution is -2.37. The van der Waals surface area contributed by atoms with Crippen LogP contribution in [0.4, 0.5) is 5.69 Å². The van der Waals surface area contributed by atoms with E-state index in [4.69, 9.17) is 11.6 Å². The predicted octanol–water partition coefficient (Wildman–Crippen LogP) is 1.91. The zero-order valence-electron chi connectivity index (χ0n) is 8.62. The Hall–Kier alpha value is -1.06. The van der Waals surface area contributed by atoms with E-state index < -0.39 is 5.60 Å². The summed E-state index contributed by atoms with van der Waals surface area (Å²) in [6.45, 7) is 1.78. The molecule has 3 nitrogen and oxygen atoms in total. The highest BCUT2D eigenvalue weighted by atomic mass is 35.5. The van der Waals surface area contributed by atoms with E-state index in [9.17, 15) is 9.90 Å². The van der Waals surface area contributed by atoms with Crippen LogP contribution in [0.1, 0.15) is 18.9 Å². The van der Waals surface area contributed by atoms with Gasteiger partial charge < -0.3 is 10.0 Å². The number of aliphatic hydroxyl groups is 1. The Morgan fingerprint density at radius 2 is 2.20 bits per heavy atom. The Kier molecular flexibility index (Phi) is 2.24. The van der Waals surface area contributed by atoms with E-state index in [1.54, 1.807) is 32.2 Å². The number of rotatable bonds is 1. The highest BCUT2D eigenvalue weighted by Gasteiger charge is 2.46. The molecule has 1 aromatic rings. The van der Waals surface area contributed by atoms with Gasteiger partial charge in [-0.3, -0.25) is 4.79 Å². The summed E-state index contributed by atoms with van der Waals surface area (Å²) in [5, 5.41) is 10.8. The van der Waals surface area contributed by atoms with Crippen LogP contribution in [0.25, 0.3) is 0 Å². The van der Waals surface area contributed by atoms with Crippen LogP contribution in [0, 0.1) is 0 Å². The number of anilines is 1. The van der Waals surface area contributed by atoms with Gasteiger partial charge in [0.05, 0.1) is 5.69 Å². The maximum absolute atomic E-state index is 11.9. The van der Waals surface area contributed by atoms with Gasteiger partial charge in [0.25, 0.3) is 5.91 Å². The summed E-state index contributed by atoms with van der Waals surface area (Å²) in [4.78, 5) is 13.3. The number of carbonyl (C=O) groups is 1. The fourth-order valence-electron chi connectivity index (χ4n) is 1.98. The topological polar surface area (TPSA) is 40.5 Å². The van der Waals surface area contributed by atoms with E-state index in [0.717, 1.165) is 5.69 Å². The molecule has 1 atom stereocenters. The molecule has 0 bridgehead atoms. The van der Waals surface area contributed by atoms with Crippen molar-refractivity contribution in [2.24, 2.45) is 0 Å². The largest absolute Gasteiger partial charge is 0.375 e. The number of likely N-dealkylation sites (N-methyl/N-ethyl adjacent to an activating group) is 1. The summed E-state index contributed by atoms with van der Waals surface area (Å²) < 4.78 is 0. The third-order valence-electron chi connectivity index (χ3n) is 2.94. The minimum atomic E-state index is -1.41. The second-order valence-corrected chi connectivity index (χ2v) is 4.18. The first-order chi connectivity index (χ1) is 7.00. The van der Waals surface area contributed by atoms with E-state index in [2.05, 4.69) is 0 Å². The molecule has 0 spiro atoms. The number of fused-ring (bicyclic) bond motifs is 1. The Bertz CT molecular complexity index is 433. The molecule has 80 valence electrons. The fourth-order valence-corrected chi connectivity index (χ4v) is 2.15. The van der Waals surface area contributed by atoms with Gasteiger partial charge in [-0.2, -0.15) is 0 Å². The van der Waals surface area contributed by atoms with Gasteiger partial charge in [-0.25, -0.2) is 0 Å². The van der Waals surface area contributed by atoms with Crippen LogP contribution in [0.15, 0.2) is 18.2 Å². The molecule has 1 aliphatic heterocycles. The standard InChI is InChI=1S/C11H12ClNO2/c1-3-11(15)8-6-7(12)4-5-9(8)13(2)10(11)14/h4-6,15H,3H2,1-2H3. The minimum Gasteiger partial charge on any atom is -0.375 e. The molecule has 4 heteroatoms. The third kappa shape index (κ3) is 1.27.